The summed E-state index contributed by atoms with van der Waals surface area (Å²) in [4.78, 5) is 45.5. The molecule has 1 unspecified atom stereocenters. The third-order valence-electron chi connectivity index (χ3n) is 6.44. The fraction of sp³-hybridized carbons (Fsp3) is 0.241. The normalized spacial score (nSPS) is 15.2. The summed E-state index contributed by atoms with van der Waals surface area (Å²) in [7, 11) is 2.74. The monoisotopic (exact) mass is 562 g/mol. The van der Waals surface area contributed by atoms with Gasteiger partial charge in [-0.15, -0.1) is 0 Å². The van der Waals surface area contributed by atoms with Crippen molar-refractivity contribution in [1.82, 2.24) is 4.98 Å². The van der Waals surface area contributed by atoms with Gasteiger partial charge in [0.25, 0.3) is 5.91 Å². The van der Waals surface area contributed by atoms with Crippen molar-refractivity contribution < 1.29 is 38.1 Å². The number of aliphatic hydroxyl groups excluding tert-OH is 1. The van der Waals surface area contributed by atoms with Crippen LogP contribution in [0.4, 0.5) is 5.13 Å². The molecule has 0 fully saturated rings. The largest absolute Gasteiger partial charge is 0.503 e. The van der Waals surface area contributed by atoms with Gasteiger partial charge in [0.1, 0.15) is 10.6 Å². The van der Waals surface area contributed by atoms with Gasteiger partial charge in [0, 0.05) is 5.39 Å². The van der Waals surface area contributed by atoms with Crippen molar-refractivity contribution in [2.75, 3.05) is 25.7 Å². The highest BCUT2D eigenvalue weighted by molar-refractivity contribution is 7.17. The highest BCUT2D eigenvalue weighted by Crippen LogP contribution is 2.44. The Morgan fingerprint density at radius 3 is 2.58 bits per heavy atom. The first-order valence-corrected chi connectivity index (χ1v) is 13.3. The van der Waals surface area contributed by atoms with Crippen molar-refractivity contribution in [3.05, 3.63) is 81.8 Å². The molecule has 11 heteroatoms. The van der Waals surface area contributed by atoms with Gasteiger partial charge < -0.3 is 23.7 Å². The molecule has 1 aliphatic rings. The summed E-state index contributed by atoms with van der Waals surface area (Å²) < 4.78 is 21.7. The van der Waals surface area contributed by atoms with E-state index in [4.69, 9.17) is 18.6 Å². The summed E-state index contributed by atoms with van der Waals surface area (Å²) in [6.45, 7) is 4.14. The molecule has 4 aromatic rings. The van der Waals surface area contributed by atoms with Gasteiger partial charge >= 0.3 is 5.97 Å². The molecule has 0 saturated heterocycles. The van der Waals surface area contributed by atoms with Crippen molar-refractivity contribution in [2.24, 2.45) is 0 Å². The Kier molecular flexibility index (Phi) is 7.31. The number of fused-ring (bicyclic) bond motifs is 1. The lowest BCUT2D eigenvalue weighted by Gasteiger charge is -2.24. The maximum atomic E-state index is 13.9. The first-order valence-electron chi connectivity index (χ1n) is 12.4. The number of aryl methyl sites for hydroxylation is 1. The second-order valence-corrected chi connectivity index (χ2v) is 9.96. The molecule has 3 heterocycles. The predicted molar refractivity (Wildman–Crippen MR) is 147 cm³/mol. The third-order valence-corrected chi connectivity index (χ3v) is 7.57. The van der Waals surface area contributed by atoms with E-state index in [2.05, 4.69) is 4.98 Å². The molecule has 5 rings (SSSR count). The van der Waals surface area contributed by atoms with Crippen LogP contribution in [-0.2, 0) is 9.53 Å². The third kappa shape index (κ3) is 4.58. The minimum Gasteiger partial charge on any atom is -0.503 e. The van der Waals surface area contributed by atoms with Crippen molar-refractivity contribution in [2.45, 2.75) is 26.3 Å². The zero-order valence-electron chi connectivity index (χ0n) is 22.2. The topological polar surface area (TPSA) is 128 Å². The number of carbonyl (C=O) groups is 3. The molecule has 2 aromatic heterocycles. The molecule has 0 aliphatic carbocycles. The number of ether oxygens (including phenoxy) is 3. The van der Waals surface area contributed by atoms with E-state index in [0.29, 0.717) is 40.3 Å². The number of benzene rings is 2. The second-order valence-electron chi connectivity index (χ2n) is 8.98. The number of thiazole rings is 1. The van der Waals surface area contributed by atoms with Gasteiger partial charge in [-0.2, -0.15) is 0 Å². The van der Waals surface area contributed by atoms with Gasteiger partial charge in [-0.25, -0.2) is 9.78 Å². The van der Waals surface area contributed by atoms with E-state index in [9.17, 15) is 19.5 Å². The van der Waals surface area contributed by atoms with Crippen LogP contribution in [0.15, 0.2) is 64.3 Å². The lowest BCUT2D eigenvalue weighted by molar-refractivity contribution is -0.117. The first-order chi connectivity index (χ1) is 19.3. The van der Waals surface area contributed by atoms with Crippen molar-refractivity contribution in [3.8, 4) is 11.5 Å². The van der Waals surface area contributed by atoms with Crippen LogP contribution < -0.4 is 14.4 Å². The van der Waals surface area contributed by atoms with E-state index < -0.39 is 29.5 Å². The summed E-state index contributed by atoms with van der Waals surface area (Å²) >= 11 is 0.932. The highest BCUT2D eigenvalue weighted by Gasteiger charge is 2.47. The van der Waals surface area contributed by atoms with Crippen LogP contribution in [-0.4, -0.2) is 48.6 Å². The molecule has 0 radical (unpaired) electrons. The Morgan fingerprint density at radius 1 is 1.15 bits per heavy atom. The average Bonchev–Trinajstić information content (AvgIpc) is 3.65. The Bertz CT molecular complexity index is 1650. The number of aromatic nitrogens is 1. The van der Waals surface area contributed by atoms with E-state index in [1.54, 1.807) is 49.4 Å². The molecular formula is C29H26N2O8S. The molecule has 0 bridgehead atoms. The number of carbonyl (C=O) groups excluding carboxylic acids is 3. The number of amides is 1. The minimum absolute atomic E-state index is 0.0748. The lowest BCUT2D eigenvalue weighted by Crippen LogP contribution is -2.31. The van der Waals surface area contributed by atoms with Crippen LogP contribution in [0.1, 0.15) is 50.9 Å². The predicted octanol–water partition coefficient (Wildman–Crippen LogP) is 5.56. The molecule has 10 nitrogen and oxygen atoms in total. The van der Waals surface area contributed by atoms with Crippen LogP contribution >= 0.6 is 11.3 Å². The second kappa shape index (κ2) is 10.9. The number of para-hydroxylation sites is 1. The summed E-state index contributed by atoms with van der Waals surface area (Å²) in [5, 5.41) is 11.8. The van der Waals surface area contributed by atoms with E-state index in [0.717, 1.165) is 17.8 Å². The van der Waals surface area contributed by atoms with Gasteiger partial charge in [-0.3, -0.25) is 14.5 Å². The highest BCUT2D eigenvalue weighted by atomic mass is 32.1. The number of nitrogens with zero attached hydrogens (tertiary/aromatic N) is 2. The molecule has 1 aliphatic heterocycles. The van der Waals surface area contributed by atoms with Crippen LogP contribution in [0.2, 0.25) is 0 Å². The van der Waals surface area contributed by atoms with Crippen molar-refractivity contribution in [1.29, 1.82) is 0 Å². The number of esters is 1. The Morgan fingerprint density at radius 2 is 1.90 bits per heavy atom. The fourth-order valence-corrected chi connectivity index (χ4v) is 5.54. The van der Waals surface area contributed by atoms with Gasteiger partial charge in [0.15, 0.2) is 28.0 Å². The van der Waals surface area contributed by atoms with Gasteiger partial charge in [0.05, 0.1) is 38.1 Å². The molecule has 0 saturated carbocycles. The first kappa shape index (κ1) is 26.9. The average molecular weight is 563 g/mol. The number of methoxy groups -OCH3 is 2. The van der Waals surface area contributed by atoms with Crippen LogP contribution in [0.25, 0.3) is 11.0 Å². The van der Waals surface area contributed by atoms with Crippen molar-refractivity contribution >= 4 is 45.1 Å². The maximum absolute atomic E-state index is 13.9. The number of ketones is 1. The Hall–Kier alpha value is -4.64. The number of rotatable bonds is 9. The van der Waals surface area contributed by atoms with E-state index in [1.807, 2.05) is 6.92 Å². The standard InChI is InChI=1S/C29H26N2O8S/c1-5-13-38-18-11-9-16(10-12-18)22-21(23(32)20-14-17-7-6-8-19(36-3)25(17)39-20)24(33)27(34)31(22)29-30-15(2)26(40-29)28(35)37-4/h6-12,14,22,33H,5,13H2,1-4H3. The molecular weight excluding hydrogens is 536 g/mol. The molecule has 0 spiro atoms. The zero-order valence-corrected chi connectivity index (χ0v) is 23.0. The Labute approximate surface area is 233 Å². The number of Topliss-reactive ketones (excluding diaryl/α,β-unsaturated/α-hetero) is 1. The summed E-state index contributed by atoms with van der Waals surface area (Å²) in [5.74, 6) is -1.87. The van der Waals surface area contributed by atoms with Crippen molar-refractivity contribution in [3.63, 3.8) is 0 Å². The number of hydrogen-bond acceptors (Lipinski definition) is 10. The summed E-state index contributed by atoms with van der Waals surface area (Å²) in [6, 6.07) is 12.6. The SMILES string of the molecule is CCCOc1ccc(C2C(C(=O)c3cc4cccc(OC)c4o3)=C(O)C(=O)N2c2nc(C)c(C(=O)OC)s2)cc1. The lowest BCUT2D eigenvalue weighted by atomic mass is 9.95. The molecule has 40 heavy (non-hydrogen) atoms. The number of aliphatic hydroxyl groups is 1. The Balaban J connectivity index is 1.63. The van der Waals surface area contributed by atoms with Gasteiger partial charge in [-0.1, -0.05) is 42.5 Å². The fourth-order valence-electron chi connectivity index (χ4n) is 4.53. The summed E-state index contributed by atoms with van der Waals surface area (Å²) in [6.07, 6.45) is 0.829. The summed E-state index contributed by atoms with van der Waals surface area (Å²) in [5.41, 5.74) is 1.05. The number of hydrogen-bond donors (Lipinski definition) is 1. The van der Waals surface area contributed by atoms with E-state index >= 15 is 0 Å². The molecule has 2 aromatic carbocycles. The van der Waals surface area contributed by atoms with E-state index in [-0.39, 0.29) is 21.3 Å². The smallest absolute Gasteiger partial charge is 0.350 e. The van der Waals surface area contributed by atoms with Gasteiger partial charge in [0.2, 0.25) is 5.78 Å². The van der Waals surface area contributed by atoms with Crippen LogP contribution in [0.3, 0.4) is 0 Å². The van der Waals surface area contributed by atoms with Gasteiger partial charge in [-0.05, 0) is 43.2 Å². The number of furan rings is 1. The molecule has 1 amide bonds. The maximum Gasteiger partial charge on any atom is 0.350 e. The van der Waals surface area contributed by atoms with Crippen LogP contribution in [0, 0.1) is 6.92 Å². The molecule has 206 valence electrons. The zero-order chi connectivity index (χ0) is 28.6. The minimum atomic E-state index is -1.06. The molecule has 1 atom stereocenters. The number of anilines is 1. The van der Waals surface area contributed by atoms with E-state index in [1.165, 1.54) is 25.2 Å². The molecule has 1 N–H and O–H groups in total. The quantitative estimate of drug-likeness (QED) is 0.206. The van der Waals surface area contributed by atoms with Crippen LogP contribution in [0.5, 0.6) is 11.5 Å².